The van der Waals surface area contributed by atoms with Gasteiger partial charge in [0.15, 0.2) is 0 Å². The molecule has 0 aromatic heterocycles. The lowest BCUT2D eigenvalue weighted by molar-refractivity contribution is -0.120. The van der Waals surface area contributed by atoms with Gasteiger partial charge in [0.2, 0.25) is 5.91 Å². The van der Waals surface area contributed by atoms with Crippen LogP contribution in [0.4, 0.5) is 0 Å². The van der Waals surface area contributed by atoms with Crippen molar-refractivity contribution in [2.24, 2.45) is 5.92 Å². The van der Waals surface area contributed by atoms with Crippen LogP contribution in [0, 0.1) is 17.2 Å². The predicted octanol–water partition coefficient (Wildman–Crippen LogP) is 2.54. The van der Waals surface area contributed by atoms with Crippen LogP contribution in [0.1, 0.15) is 20.8 Å². The molecule has 1 aromatic rings. The summed E-state index contributed by atoms with van der Waals surface area (Å²) in [5, 5.41) is 21.4. The lowest BCUT2D eigenvalue weighted by atomic mass is 9.90. The Labute approximate surface area is 117 Å². The van der Waals surface area contributed by atoms with Crippen molar-refractivity contribution in [1.29, 1.82) is 5.26 Å². The number of nitrogens with zero attached hydrogens (tertiary/aromatic N) is 1. The molecule has 1 atom stereocenters. The third-order valence-corrected chi connectivity index (χ3v) is 4.07. The molecule has 1 rings (SSSR count). The van der Waals surface area contributed by atoms with Gasteiger partial charge in [-0.25, -0.2) is 0 Å². The minimum atomic E-state index is -0.865. The molecule has 1 unspecified atom stereocenters. The lowest BCUT2D eigenvalue weighted by Gasteiger charge is -2.27. The Bertz CT molecular complexity index is 496. The average molecular weight is 278 g/mol. The number of thioether (sulfide) groups is 1. The fraction of sp³-hybridized carbons (Fsp3) is 0.429. The van der Waals surface area contributed by atoms with E-state index in [4.69, 9.17) is 5.26 Å². The first-order chi connectivity index (χ1) is 8.89. The van der Waals surface area contributed by atoms with E-state index in [1.54, 1.807) is 31.2 Å². The number of carbonyl (C=O) groups excluding carboxylic acids is 1. The van der Waals surface area contributed by atoms with E-state index in [1.165, 1.54) is 11.8 Å². The van der Waals surface area contributed by atoms with Crippen molar-refractivity contribution >= 4 is 17.7 Å². The predicted molar refractivity (Wildman–Crippen MR) is 75.8 cm³/mol. The Morgan fingerprint density at radius 3 is 2.68 bits per heavy atom. The molecule has 4 nitrogen and oxygen atoms in total. The highest BCUT2D eigenvalue weighted by Gasteiger charge is 2.29. The van der Waals surface area contributed by atoms with Crippen molar-refractivity contribution in [3.05, 3.63) is 24.3 Å². The topological polar surface area (TPSA) is 73.1 Å². The molecule has 0 radical (unpaired) electrons. The van der Waals surface area contributed by atoms with E-state index in [0.717, 1.165) is 0 Å². The molecule has 102 valence electrons. The van der Waals surface area contributed by atoms with Gasteiger partial charge in [0, 0.05) is 4.90 Å². The van der Waals surface area contributed by atoms with E-state index in [2.05, 4.69) is 11.4 Å². The number of hydrogen-bond donors (Lipinski definition) is 2. The number of aromatic hydroxyl groups is 1. The van der Waals surface area contributed by atoms with Crippen molar-refractivity contribution in [2.75, 3.05) is 5.75 Å². The first-order valence-corrected chi connectivity index (χ1v) is 7.00. The van der Waals surface area contributed by atoms with E-state index in [-0.39, 0.29) is 23.3 Å². The summed E-state index contributed by atoms with van der Waals surface area (Å²) in [6.07, 6.45) is 0. The summed E-state index contributed by atoms with van der Waals surface area (Å²) in [5.74, 6) is 0.136. The maximum atomic E-state index is 11.8. The fourth-order valence-electron chi connectivity index (χ4n) is 1.35. The van der Waals surface area contributed by atoms with Gasteiger partial charge in [0.25, 0.3) is 0 Å². The quantitative estimate of drug-likeness (QED) is 0.812. The van der Waals surface area contributed by atoms with E-state index in [0.29, 0.717) is 4.90 Å². The van der Waals surface area contributed by atoms with Gasteiger partial charge < -0.3 is 10.4 Å². The van der Waals surface area contributed by atoms with E-state index in [1.807, 2.05) is 13.8 Å². The molecule has 0 fully saturated rings. The number of amides is 1. The molecule has 0 aliphatic carbocycles. The standard InChI is InChI=1S/C14H18N2O2S/c1-10(2)14(3,9-15)16-13(18)8-19-12-7-5-4-6-11(12)17/h4-7,10,17H,8H2,1-3H3,(H,16,18). The van der Waals surface area contributed by atoms with Gasteiger partial charge in [0.05, 0.1) is 11.8 Å². The zero-order chi connectivity index (χ0) is 14.5. The second-order valence-electron chi connectivity index (χ2n) is 4.77. The van der Waals surface area contributed by atoms with Gasteiger partial charge in [-0.3, -0.25) is 4.79 Å². The number of para-hydroxylation sites is 1. The zero-order valence-corrected chi connectivity index (χ0v) is 12.1. The maximum Gasteiger partial charge on any atom is 0.231 e. The van der Waals surface area contributed by atoms with Gasteiger partial charge in [0.1, 0.15) is 11.3 Å². The van der Waals surface area contributed by atoms with Gasteiger partial charge in [-0.15, -0.1) is 11.8 Å². The van der Waals surface area contributed by atoms with Crippen molar-refractivity contribution in [1.82, 2.24) is 5.32 Å². The Hall–Kier alpha value is -1.67. The monoisotopic (exact) mass is 278 g/mol. The lowest BCUT2D eigenvalue weighted by Crippen LogP contribution is -2.49. The number of phenolic OH excluding ortho intramolecular Hbond substituents is 1. The SMILES string of the molecule is CC(C)C(C)(C#N)NC(=O)CSc1ccccc1O. The number of nitriles is 1. The third-order valence-electron chi connectivity index (χ3n) is 3.01. The van der Waals surface area contributed by atoms with Crippen molar-refractivity contribution in [2.45, 2.75) is 31.2 Å². The molecule has 0 saturated heterocycles. The van der Waals surface area contributed by atoms with Crippen LogP contribution in [0.15, 0.2) is 29.2 Å². The van der Waals surface area contributed by atoms with Crippen LogP contribution in [0.2, 0.25) is 0 Å². The minimum absolute atomic E-state index is 0.0246. The Morgan fingerprint density at radius 2 is 2.16 bits per heavy atom. The van der Waals surface area contributed by atoms with E-state index >= 15 is 0 Å². The fourth-order valence-corrected chi connectivity index (χ4v) is 2.10. The highest BCUT2D eigenvalue weighted by atomic mass is 32.2. The van der Waals surface area contributed by atoms with Crippen molar-refractivity contribution in [3.63, 3.8) is 0 Å². The molecular formula is C14H18N2O2S. The Balaban J connectivity index is 2.58. The number of nitrogens with one attached hydrogen (secondary N) is 1. The second kappa shape index (κ2) is 6.48. The summed E-state index contributed by atoms with van der Waals surface area (Å²) in [6, 6.07) is 8.98. The number of hydrogen-bond acceptors (Lipinski definition) is 4. The summed E-state index contributed by atoms with van der Waals surface area (Å²) < 4.78 is 0. The largest absolute Gasteiger partial charge is 0.507 e. The van der Waals surface area contributed by atoms with E-state index in [9.17, 15) is 9.90 Å². The van der Waals surface area contributed by atoms with Gasteiger partial charge in [-0.2, -0.15) is 5.26 Å². The number of carbonyl (C=O) groups is 1. The summed E-state index contributed by atoms with van der Waals surface area (Å²) >= 11 is 1.25. The van der Waals surface area contributed by atoms with E-state index < -0.39 is 5.54 Å². The average Bonchev–Trinajstić information content (AvgIpc) is 2.37. The molecule has 0 aliphatic heterocycles. The summed E-state index contributed by atoms with van der Waals surface area (Å²) in [7, 11) is 0. The van der Waals surface area contributed by atoms with Crippen molar-refractivity contribution < 1.29 is 9.90 Å². The molecule has 0 heterocycles. The Morgan fingerprint density at radius 1 is 1.53 bits per heavy atom. The molecule has 2 N–H and O–H groups in total. The Kier molecular flexibility index (Phi) is 5.25. The number of benzene rings is 1. The maximum absolute atomic E-state index is 11.8. The van der Waals surface area contributed by atoms with Gasteiger partial charge in [-0.1, -0.05) is 26.0 Å². The molecule has 0 spiro atoms. The van der Waals surface area contributed by atoms with Crippen LogP contribution in [0.25, 0.3) is 0 Å². The molecule has 0 saturated carbocycles. The number of phenols is 1. The van der Waals surface area contributed by atoms with Crippen LogP contribution in [0.5, 0.6) is 5.75 Å². The first kappa shape index (κ1) is 15.4. The highest BCUT2D eigenvalue weighted by Crippen LogP contribution is 2.27. The third kappa shape index (κ3) is 4.18. The zero-order valence-electron chi connectivity index (χ0n) is 11.3. The highest BCUT2D eigenvalue weighted by molar-refractivity contribution is 8.00. The summed E-state index contributed by atoms with van der Waals surface area (Å²) in [5.41, 5.74) is -0.865. The van der Waals surface area contributed by atoms with Crippen LogP contribution in [0.3, 0.4) is 0 Å². The molecule has 1 aromatic carbocycles. The van der Waals surface area contributed by atoms with Crippen LogP contribution in [-0.4, -0.2) is 22.3 Å². The second-order valence-corrected chi connectivity index (χ2v) is 5.79. The first-order valence-electron chi connectivity index (χ1n) is 6.02. The van der Waals surface area contributed by atoms with Gasteiger partial charge in [-0.05, 0) is 25.0 Å². The van der Waals surface area contributed by atoms with Crippen LogP contribution in [-0.2, 0) is 4.79 Å². The normalized spacial score (nSPS) is 13.6. The molecular weight excluding hydrogens is 260 g/mol. The molecule has 5 heteroatoms. The van der Waals surface area contributed by atoms with Crippen molar-refractivity contribution in [3.8, 4) is 11.8 Å². The smallest absolute Gasteiger partial charge is 0.231 e. The molecule has 1 amide bonds. The number of rotatable bonds is 5. The minimum Gasteiger partial charge on any atom is -0.507 e. The molecule has 19 heavy (non-hydrogen) atoms. The molecule has 0 aliphatic rings. The van der Waals surface area contributed by atoms with Crippen LogP contribution >= 0.6 is 11.8 Å². The van der Waals surface area contributed by atoms with Crippen LogP contribution < -0.4 is 5.32 Å². The summed E-state index contributed by atoms with van der Waals surface area (Å²) in [4.78, 5) is 12.5. The molecule has 0 bridgehead atoms. The van der Waals surface area contributed by atoms with Gasteiger partial charge >= 0.3 is 0 Å². The summed E-state index contributed by atoms with van der Waals surface area (Å²) in [6.45, 7) is 5.49.